The summed E-state index contributed by atoms with van der Waals surface area (Å²) >= 11 is 1.51. The monoisotopic (exact) mass is 429 g/mol. The van der Waals surface area contributed by atoms with Gasteiger partial charge in [0.15, 0.2) is 5.16 Å². The van der Waals surface area contributed by atoms with E-state index in [-0.39, 0.29) is 5.91 Å². The van der Waals surface area contributed by atoms with E-state index >= 15 is 0 Å². The van der Waals surface area contributed by atoms with Crippen molar-refractivity contribution in [3.63, 3.8) is 0 Å². The van der Waals surface area contributed by atoms with E-state index in [4.69, 9.17) is 0 Å². The first-order chi connectivity index (χ1) is 15.0. The maximum Gasteiger partial charge on any atom is 0.224 e. The summed E-state index contributed by atoms with van der Waals surface area (Å²) in [7, 11) is 0. The number of aryl methyl sites for hydroxylation is 3. The largest absolute Gasteiger partial charge is 0.326 e. The molecule has 0 bridgehead atoms. The van der Waals surface area contributed by atoms with Crippen LogP contribution in [0.25, 0.3) is 5.69 Å². The molecule has 0 saturated carbocycles. The van der Waals surface area contributed by atoms with E-state index in [0.717, 1.165) is 38.4 Å². The third-order valence-corrected chi connectivity index (χ3v) is 5.48. The summed E-state index contributed by atoms with van der Waals surface area (Å²) in [5.41, 5.74) is 4.71. The Morgan fingerprint density at radius 1 is 1.00 bits per heavy atom. The molecule has 31 heavy (non-hydrogen) atoms. The van der Waals surface area contributed by atoms with Gasteiger partial charge in [-0.1, -0.05) is 18.2 Å². The lowest BCUT2D eigenvalue weighted by molar-refractivity contribution is -0.116. The van der Waals surface area contributed by atoms with Crippen molar-refractivity contribution < 1.29 is 4.79 Å². The van der Waals surface area contributed by atoms with Crippen LogP contribution >= 0.6 is 11.8 Å². The van der Waals surface area contributed by atoms with Gasteiger partial charge in [-0.15, -0.1) is 0 Å². The molecule has 6 nitrogen and oxygen atoms in total. The third-order valence-electron chi connectivity index (χ3n) is 4.61. The van der Waals surface area contributed by atoms with Gasteiger partial charge in [-0.2, -0.15) is 5.10 Å². The SMILES string of the molecule is Cc1cc(C)nc(Sc2ccc(NC(=O)CCc3cnn(-c4ccccc4)c3)cc2)n1. The summed E-state index contributed by atoms with van der Waals surface area (Å²) in [4.78, 5) is 22.3. The molecule has 2 heterocycles. The van der Waals surface area contributed by atoms with E-state index in [1.54, 1.807) is 6.20 Å². The van der Waals surface area contributed by atoms with Gasteiger partial charge in [-0.3, -0.25) is 4.79 Å². The van der Waals surface area contributed by atoms with Gasteiger partial charge in [0, 0.05) is 34.6 Å². The van der Waals surface area contributed by atoms with Gasteiger partial charge in [0.25, 0.3) is 0 Å². The molecular formula is C24H23N5OS. The number of amides is 1. The number of hydrogen-bond acceptors (Lipinski definition) is 5. The zero-order chi connectivity index (χ0) is 21.6. The number of aromatic nitrogens is 4. The maximum atomic E-state index is 12.3. The first kappa shape index (κ1) is 20.8. The number of para-hydroxylation sites is 1. The molecule has 0 saturated heterocycles. The number of nitrogens with one attached hydrogen (secondary N) is 1. The fraction of sp³-hybridized carbons (Fsp3) is 0.167. The predicted octanol–water partition coefficient (Wildman–Crippen LogP) is 5.00. The Morgan fingerprint density at radius 3 is 2.42 bits per heavy atom. The molecule has 0 aliphatic rings. The minimum absolute atomic E-state index is 0.0227. The molecule has 0 spiro atoms. The first-order valence-corrected chi connectivity index (χ1v) is 10.9. The average molecular weight is 430 g/mol. The number of carbonyl (C=O) groups excluding carboxylic acids is 1. The van der Waals surface area contributed by atoms with Crippen molar-refractivity contribution in [2.45, 2.75) is 36.7 Å². The van der Waals surface area contributed by atoms with Gasteiger partial charge >= 0.3 is 0 Å². The van der Waals surface area contributed by atoms with Gasteiger partial charge in [0.1, 0.15) is 0 Å². The van der Waals surface area contributed by atoms with E-state index in [9.17, 15) is 4.79 Å². The molecule has 1 N–H and O–H groups in total. The number of benzene rings is 2. The van der Waals surface area contributed by atoms with Crippen LogP contribution in [0.5, 0.6) is 0 Å². The second-order valence-corrected chi connectivity index (χ2v) is 8.28. The topological polar surface area (TPSA) is 72.7 Å². The second kappa shape index (κ2) is 9.57. The zero-order valence-corrected chi connectivity index (χ0v) is 18.3. The molecule has 0 fully saturated rings. The van der Waals surface area contributed by atoms with Crippen LogP contribution in [0.2, 0.25) is 0 Å². The molecule has 0 aliphatic carbocycles. The van der Waals surface area contributed by atoms with Crippen molar-refractivity contribution in [1.29, 1.82) is 0 Å². The Morgan fingerprint density at radius 2 is 1.71 bits per heavy atom. The number of carbonyl (C=O) groups is 1. The average Bonchev–Trinajstić information content (AvgIpc) is 3.23. The Balaban J connectivity index is 1.29. The Bertz CT molecular complexity index is 1150. The van der Waals surface area contributed by atoms with Crippen LogP contribution in [0.15, 0.2) is 83.1 Å². The molecular weight excluding hydrogens is 406 g/mol. The fourth-order valence-electron chi connectivity index (χ4n) is 3.14. The number of nitrogens with zero attached hydrogens (tertiary/aromatic N) is 4. The van der Waals surface area contributed by atoms with Crippen LogP contribution in [-0.4, -0.2) is 25.7 Å². The van der Waals surface area contributed by atoms with E-state index in [0.29, 0.717) is 12.8 Å². The van der Waals surface area contributed by atoms with E-state index < -0.39 is 0 Å². The van der Waals surface area contributed by atoms with Gasteiger partial charge in [-0.05, 0) is 80.1 Å². The molecule has 4 rings (SSSR count). The molecule has 0 radical (unpaired) electrons. The predicted molar refractivity (Wildman–Crippen MR) is 123 cm³/mol. The van der Waals surface area contributed by atoms with Crippen molar-refractivity contribution in [2.75, 3.05) is 5.32 Å². The maximum absolute atomic E-state index is 12.3. The fourth-order valence-corrected chi connectivity index (χ4v) is 4.01. The summed E-state index contributed by atoms with van der Waals surface area (Å²) in [6.45, 7) is 3.92. The lowest BCUT2D eigenvalue weighted by Gasteiger charge is -2.07. The van der Waals surface area contributed by atoms with E-state index in [2.05, 4.69) is 20.4 Å². The number of hydrogen-bond donors (Lipinski definition) is 1. The normalized spacial score (nSPS) is 10.8. The second-order valence-electron chi connectivity index (χ2n) is 7.24. The molecule has 2 aromatic heterocycles. The van der Waals surface area contributed by atoms with Crippen molar-refractivity contribution in [1.82, 2.24) is 19.7 Å². The van der Waals surface area contributed by atoms with Crippen molar-refractivity contribution in [3.05, 3.63) is 90.0 Å². The van der Waals surface area contributed by atoms with Crippen LogP contribution in [0.3, 0.4) is 0 Å². The van der Waals surface area contributed by atoms with E-state index in [1.165, 1.54) is 11.8 Å². The van der Waals surface area contributed by atoms with Crippen molar-refractivity contribution in [2.24, 2.45) is 0 Å². The number of rotatable bonds is 7. The van der Waals surface area contributed by atoms with Crippen molar-refractivity contribution in [3.8, 4) is 5.69 Å². The minimum Gasteiger partial charge on any atom is -0.326 e. The Labute approximate surface area is 185 Å². The lowest BCUT2D eigenvalue weighted by Crippen LogP contribution is -2.12. The lowest BCUT2D eigenvalue weighted by atomic mass is 10.2. The summed E-state index contributed by atoms with van der Waals surface area (Å²) < 4.78 is 1.82. The highest BCUT2D eigenvalue weighted by Crippen LogP contribution is 2.26. The molecule has 7 heteroatoms. The molecule has 0 aliphatic heterocycles. The highest BCUT2D eigenvalue weighted by molar-refractivity contribution is 7.99. The van der Waals surface area contributed by atoms with Gasteiger partial charge in [0.2, 0.25) is 5.91 Å². The quantitative estimate of drug-likeness (QED) is 0.419. The molecule has 2 aromatic carbocycles. The summed E-state index contributed by atoms with van der Waals surface area (Å²) in [5.74, 6) is -0.0227. The van der Waals surface area contributed by atoms with E-state index in [1.807, 2.05) is 85.4 Å². The summed E-state index contributed by atoms with van der Waals surface area (Å²) in [6.07, 6.45) is 4.80. The Hall–Kier alpha value is -3.45. The smallest absolute Gasteiger partial charge is 0.224 e. The standard InChI is InChI=1S/C24H23N5OS/c1-17-14-18(2)27-24(26-17)31-22-11-9-20(10-12-22)28-23(30)13-8-19-15-25-29(16-19)21-6-4-3-5-7-21/h3-7,9-12,14-16H,8,13H2,1-2H3,(H,28,30). The third kappa shape index (κ3) is 5.79. The molecule has 0 atom stereocenters. The molecule has 4 aromatic rings. The highest BCUT2D eigenvalue weighted by Gasteiger charge is 2.07. The summed E-state index contributed by atoms with van der Waals surface area (Å²) in [6, 6.07) is 19.6. The number of anilines is 1. The van der Waals surface area contributed by atoms with Crippen LogP contribution in [0.1, 0.15) is 23.4 Å². The first-order valence-electron chi connectivity index (χ1n) is 10.0. The van der Waals surface area contributed by atoms with Gasteiger partial charge in [0.05, 0.1) is 11.9 Å². The highest BCUT2D eigenvalue weighted by atomic mass is 32.2. The van der Waals surface area contributed by atoms with Crippen molar-refractivity contribution >= 4 is 23.4 Å². The van der Waals surface area contributed by atoms with Crippen LogP contribution in [0, 0.1) is 13.8 Å². The Kier molecular flexibility index (Phi) is 6.43. The van der Waals surface area contributed by atoms with Crippen LogP contribution in [0.4, 0.5) is 5.69 Å². The molecule has 1 amide bonds. The minimum atomic E-state index is -0.0227. The van der Waals surface area contributed by atoms with Gasteiger partial charge in [-0.25, -0.2) is 14.6 Å². The van der Waals surface area contributed by atoms with Gasteiger partial charge < -0.3 is 5.32 Å². The molecule has 156 valence electrons. The zero-order valence-electron chi connectivity index (χ0n) is 17.4. The summed E-state index contributed by atoms with van der Waals surface area (Å²) in [5, 5.41) is 8.06. The van der Waals surface area contributed by atoms with Crippen LogP contribution in [-0.2, 0) is 11.2 Å². The van der Waals surface area contributed by atoms with Crippen LogP contribution < -0.4 is 5.32 Å². The molecule has 0 unspecified atom stereocenters.